The molecular weight excluding hydrogens is 617 g/mol. The highest BCUT2D eigenvalue weighted by Gasteiger charge is 2.33. The molecule has 1 aromatic carbocycles. The van der Waals surface area contributed by atoms with Crippen LogP contribution < -0.4 is 0 Å². The van der Waals surface area contributed by atoms with Crippen molar-refractivity contribution in [1.82, 2.24) is 0 Å². The van der Waals surface area contributed by atoms with Gasteiger partial charge in [-0.15, -0.1) is 0 Å². The van der Waals surface area contributed by atoms with Crippen molar-refractivity contribution in [3.63, 3.8) is 0 Å². The molecule has 4 N–H and O–H groups in total. The number of benzene rings is 1. The van der Waals surface area contributed by atoms with Crippen LogP contribution in [0.25, 0.3) is 0 Å². The van der Waals surface area contributed by atoms with E-state index in [1.807, 2.05) is 12.1 Å². The molecule has 0 amide bonds. The van der Waals surface area contributed by atoms with Crippen molar-refractivity contribution in [3.05, 3.63) is 35.4 Å². The van der Waals surface area contributed by atoms with E-state index in [0.29, 0.717) is 12.8 Å². The lowest BCUT2D eigenvalue weighted by atomic mass is 9.74. The summed E-state index contributed by atoms with van der Waals surface area (Å²) in [5.74, 6) is 0. The summed E-state index contributed by atoms with van der Waals surface area (Å²) in [7, 11) is 0. The number of rotatable bonds is 38. The number of unbranched alkanes of at least 4 members (excludes halogenated alkanes) is 26. The van der Waals surface area contributed by atoms with Gasteiger partial charge in [0.1, 0.15) is 0 Å². The average molecular weight is 703 g/mol. The molecule has 294 valence electrons. The Bertz CT molecular complexity index is 777. The fraction of sp³-hybridized carbons (Fsp3) is 0.870. The van der Waals surface area contributed by atoms with Crippen LogP contribution in [0.2, 0.25) is 0 Å². The number of hydrogen-bond acceptors (Lipinski definition) is 4. The van der Waals surface area contributed by atoms with Crippen LogP contribution in [0.4, 0.5) is 0 Å². The highest BCUT2D eigenvalue weighted by atomic mass is 16.3. The quantitative estimate of drug-likeness (QED) is 0.0517. The Kier molecular flexibility index (Phi) is 30.8. The predicted octanol–water partition coefficient (Wildman–Crippen LogP) is 12.5. The van der Waals surface area contributed by atoms with E-state index in [-0.39, 0.29) is 26.4 Å². The topological polar surface area (TPSA) is 80.9 Å². The zero-order valence-corrected chi connectivity index (χ0v) is 33.6. The van der Waals surface area contributed by atoms with Gasteiger partial charge >= 0.3 is 0 Å². The molecule has 0 aromatic heterocycles. The van der Waals surface area contributed by atoms with Crippen LogP contribution in [0, 0.1) is 10.8 Å². The number of aliphatic hydroxyl groups excluding tert-OH is 4. The predicted molar refractivity (Wildman–Crippen MR) is 217 cm³/mol. The van der Waals surface area contributed by atoms with Crippen LogP contribution in [0.5, 0.6) is 0 Å². The Hall–Kier alpha value is -0.940. The van der Waals surface area contributed by atoms with E-state index in [1.54, 1.807) is 0 Å². The second-order valence-electron chi connectivity index (χ2n) is 16.4. The molecule has 0 saturated carbocycles. The van der Waals surface area contributed by atoms with Crippen LogP contribution >= 0.6 is 0 Å². The standard InChI is InChI=1S/C46H86O4/c1-3-5-7-9-11-13-15-17-19-21-23-25-27-31-35-45(39-47,40-48)37-43-33-29-30-34-44(43)38-46(41-49,42-50)36-32-28-26-24-22-20-18-16-14-12-10-8-6-4-2/h29-30,33-34,47-50H,3-28,31-32,35-42H2,1-2H3. The molecule has 0 fully saturated rings. The van der Waals surface area contributed by atoms with Gasteiger partial charge in [0.05, 0.1) is 26.4 Å². The van der Waals surface area contributed by atoms with Crippen LogP contribution in [0.3, 0.4) is 0 Å². The van der Waals surface area contributed by atoms with E-state index in [2.05, 4.69) is 26.0 Å². The highest BCUT2D eigenvalue weighted by molar-refractivity contribution is 5.29. The van der Waals surface area contributed by atoms with Crippen LogP contribution in [-0.2, 0) is 12.8 Å². The van der Waals surface area contributed by atoms with Gasteiger partial charge in [0.15, 0.2) is 0 Å². The average Bonchev–Trinajstić information content (AvgIpc) is 3.14. The van der Waals surface area contributed by atoms with E-state index in [1.165, 1.54) is 154 Å². The van der Waals surface area contributed by atoms with E-state index in [4.69, 9.17) is 0 Å². The van der Waals surface area contributed by atoms with Gasteiger partial charge < -0.3 is 20.4 Å². The monoisotopic (exact) mass is 703 g/mol. The van der Waals surface area contributed by atoms with E-state index in [9.17, 15) is 20.4 Å². The molecule has 0 spiro atoms. The minimum Gasteiger partial charge on any atom is -0.396 e. The maximum Gasteiger partial charge on any atom is 0.0512 e. The largest absolute Gasteiger partial charge is 0.396 e. The van der Waals surface area contributed by atoms with Crippen molar-refractivity contribution >= 4 is 0 Å². The van der Waals surface area contributed by atoms with Crippen molar-refractivity contribution in [2.45, 2.75) is 219 Å². The third kappa shape index (κ3) is 22.9. The van der Waals surface area contributed by atoms with E-state index < -0.39 is 10.8 Å². The van der Waals surface area contributed by atoms with Crippen molar-refractivity contribution in [1.29, 1.82) is 0 Å². The molecule has 0 bridgehead atoms. The SMILES string of the molecule is CCCCCCCCCCCCCCCCC(CO)(CO)Cc1ccccc1CC(CO)(CO)CCCCCCCCCCCCCCCC. The summed E-state index contributed by atoms with van der Waals surface area (Å²) >= 11 is 0. The van der Waals surface area contributed by atoms with Gasteiger partial charge in [-0.3, -0.25) is 0 Å². The minimum atomic E-state index is -0.539. The van der Waals surface area contributed by atoms with Crippen molar-refractivity contribution in [2.75, 3.05) is 26.4 Å². The summed E-state index contributed by atoms with van der Waals surface area (Å²) < 4.78 is 0. The summed E-state index contributed by atoms with van der Waals surface area (Å²) in [4.78, 5) is 0. The summed E-state index contributed by atoms with van der Waals surface area (Å²) in [6.07, 6.45) is 39.8. The molecule has 4 nitrogen and oxygen atoms in total. The molecule has 0 heterocycles. The molecule has 4 heteroatoms. The van der Waals surface area contributed by atoms with Crippen LogP contribution in [-0.4, -0.2) is 46.9 Å². The van der Waals surface area contributed by atoms with Crippen molar-refractivity contribution < 1.29 is 20.4 Å². The van der Waals surface area contributed by atoms with E-state index in [0.717, 1.165) is 49.7 Å². The van der Waals surface area contributed by atoms with Crippen LogP contribution in [0.1, 0.15) is 218 Å². The molecule has 1 rings (SSSR count). The van der Waals surface area contributed by atoms with Crippen LogP contribution in [0.15, 0.2) is 24.3 Å². The zero-order valence-electron chi connectivity index (χ0n) is 33.6. The van der Waals surface area contributed by atoms with Gasteiger partial charge in [0.2, 0.25) is 0 Å². The Morgan fingerprint density at radius 3 is 0.780 bits per heavy atom. The van der Waals surface area contributed by atoms with Gasteiger partial charge in [-0.2, -0.15) is 0 Å². The number of hydrogen-bond donors (Lipinski definition) is 4. The Balaban J connectivity index is 2.41. The first-order chi connectivity index (χ1) is 24.5. The summed E-state index contributed by atoms with van der Waals surface area (Å²) in [5, 5.41) is 42.0. The summed E-state index contributed by atoms with van der Waals surface area (Å²) in [5.41, 5.74) is 1.19. The van der Waals surface area contributed by atoms with Crippen molar-refractivity contribution in [3.8, 4) is 0 Å². The lowest BCUT2D eigenvalue weighted by Gasteiger charge is -2.34. The first-order valence-corrected chi connectivity index (χ1v) is 22.0. The molecule has 0 atom stereocenters. The fourth-order valence-electron chi connectivity index (χ4n) is 7.92. The molecule has 0 aliphatic heterocycles. The minimum absolute atomic E-state index is 0.0273. The second kappa shape index (κ2) is 32.7. The van der Waals surface area contributed by atoms with Gasteiger partial charge in [0, 0.05) is 10.8 Å². The van der Waals surface area contributed by atoms with Crippen molar-refractivity contribution in [2.24, 2.45) is 10.8 Å². The maximum atomic E-state index is 10.5. The van der Waals surface area contributed by atoms with Gasteiger partial charge in [-0.05, 0) is 36.8 Å². The van der Waals surface area contributed by atoms with E-state index >= 15 is 0 Å². The fourth-order valence-corrected chi connectivity index (χ4v) is 7.92. The Morgan fingerprint density at radius 2 is 0.560 bits per heavy atom. The third-order valence-electron chi connectivity index (χ3n) is 11.7. The highest BCUT2D eigenvalue weighted by Crippen LogP contribution is 2.35. The maximum absolute atomic E-state index is 10.5. The molecule has 0 aliphatic carbocycles. The van der Waals surface area contributed by atoms with Gasteiger partial charge in [0.25, 0.3) is 0 Å². The normalized spacial score (nSPS) is 12.3. The second-order valence-corrected chi connectivity index (χ2v) is 16.4. The number of aliphatic hydroxyl groups is 4. The molecule has 0 saturated heterocycles. The smallest absolute Gasteiger partial charge is 0.0512 e. The summed E-state index contributed by atoms with van der Waals surface area (Å²) in [6, 6.07) is 8.31. The molecule has 0 aliphatic rings. The third-order valence-corrected chi connectivity index (χ3v) is 11.7. The molecule has 1 aromatic rings. The first-order valence-electron chi connectivity index (χ1n) is 22.0. The molecule has 0 radical (unpaired) electrons. The first kappa shape index (κ1) is 47.1. The molecule has 50 heavy (non-hydrogen) atoms. The zero-order chi connectivity index (χ0) is 36.4. The van der Waals surface area contributed by atoms with Gasteiger partial charge in [-0.1, -0.05) is 218 Å². The lowest BCUT2D eigenvalue weighted by molar-refractivity contribution is 0.0403. The molecule has 0 unspecified atom stereocenters. The Labute approximate surface area is 311 Å². The lowest BCUT2D eigenvalue weighted by Crippen LogP contribution is -2.35. The Morgan fingerprint density at radius 1 is 0.340 bits per heavy atom. The van der Waals surface area contributed by atoms with Gasteiger partial charge in [-0.25, -0.2) is 0 Å². The molecular formula is C46H86O4. The summed E-state index contributed by atoms with van der Waals surface area (Å²) in [6.45, 7) is 4.45.